The van der Waals surface area contributed by atoms with Crippen molar-refractivity contribution in [1.29, 1.82) is 0 Å². The molecule has 5 atom stereocenters. The molecule has 0 saturated carbocycles. The Morgan fingerprint density at radius 2 is 1.65 bits per heavy atom. The minimum absolute atomic E-state index is 0.000940. The number of anilines is 1. The summed E-state index contributed by atoms with van der Waals surface area (Å²) in [4.78, 5) is 79.5. The van der Waals surface area contributed by atoms with Crippen LogP contribution in [-0.4, -0.2) is 174 Å². The van der Waals surface area contributed by atoms with E-state index in [1.54, 1.807) is 46.6 Å². The van der Waals surface area contributed by atoms with Gasteiger partial charge in [0.25, 0.3) is 0 Å². The van der Waals surface area contributed by atoms with Gasteiger partial charge in [-0.1, -0.05) is 36.3 Å². The smallest absolute Gasteiger partial charge is 0.410 e. The Hall–Kier alpha value is -7.41. The molecule has 84 heavy (non-hydrogen) atoms. The van der Waals surface area contributed by atoms with E-state index >= 15 is 8.78 Å². The van der Waals surface area contributed by atoms with Gasteiger partial charge in [0.15, 0.2) is 5.82 Å². The van der Waals surface area contributed by atoms with Crippen molar-refractivity contribution < 1.29 is 37.4 Å². The van der Waals surface area contributed by atoms with E-state index in [-0.39, 0.29) is 95.9 Å². The Morgan fingerprint density at radius 3 is 2.38 bits per heavy atom. The first-order valence-corrected chi connectivity index (χ1v) is 29.9. The van der Waals surface area contributed by atoms with Gasteiger partial charge in [-0.2, -0.15) is 9.97 Å². The Bertz CT molecular complexity index is 3620. The third kappa shape index (κ3) is 10.9. The number of nitrogens with two attached hydrogens (primary N) is 1. The largest absolute Gasteiger partial charge is 0.461 e. The number of piperidine rings is 1. The summed E-state index contributed by atoms with van der Waals surface area (Å²) in [7, 11) is 1.79. The minimum Gasteiger partial charge on any atom is -0.461 e. The van der Waals surface area contributed by atoms with Crippen LogP contribution < -0.4 is 21.1 Å². The van der Waals surface area contributed by atoms with Crippen LogP contribution >= 0.6 is 0 Å². The number of aryl methyl sites for hydroxylation is 1. The minimum atomic E-state index is -0.723. The number of likely N-dealkylation sites (tertiary alicyclic amines) is 1. The summed E-state index contributed by atoms with van der Waals surface area (Å²) in [5.74, 6) is 1.22. The van der Waals surface area contributed by atoms with Gasteiger partial charge in [-0.15, -0.1) is 6.42 Å². The lowest BCUT2D eigenvalue weighted by Gasteiger charge is -2.42. The summed E-state index contributed by atoms with van der Waals surface area (Å²) in [6.07, 6.45) is 14.5. The number of aromatic nitrogens is 5. The Labute approximate surface area is 488 Å². The van der Waals surface area contributed by atoms with E-state index in [1.807, 2.05) is 43.6 Å². The number of halogens is 2. The van der Waals surface area contributed by atoms with E-state index in [0.717, 1.165) is 107 Å². The summed E-state index contributed by atoms with van der Waals surface area (Å²) in [6.45, 7) is 15.2. The highest BCUT2D eigenvalue weighted by atomic mass is 19.1. The van der Waals surface area contributed by atoms with Crippen LogP contribution in [-0.2, 0) is 27.9 Å². The van der Waals surface area contributed by atoms with Crippen LogP contribution in [0.5, 0.6) is 6.01 Å². The number of fused-ring (bicyclic) bond motifs is 6. The SMILES string of the molecule is C#Cc1c(F)ccc2cccc(-c3ncc4c(N5CC6CCC(C5)N6C(=O)OC(C)(C)C)nc(OC[C@@]56CCCN5[C@H](COC(=O)N5CCN(C7CCN(Cc8ccc9c(c8)n(C)c(=O)n9C(C)CCC(N)=O)CC7)CC5)CC6)nc4c3F)c12. The van der Waals surface area contributed by atoms with Crippen molar-refractivity contribution in [2.45, 2.75) is 140 Å². The number of terminal acetylenes is 1. The van der Waals surface area contributed by atoms with Crippen LogP contribution in [0, 0.1) is 24.0 Å². The Balaban J connectivity index is 0.682. The average Bonchev–Trinajstić information content (AvgIpc) is 1.43. The fourth-order valence-corrected chi connectivity index (χ4v) is 14.5. The van der Waals surface area contributed by atoms with Gasteiger partial charge in [0.05, 0.1) is 39.6 Å². The van der Waals surface area contributed by atoms with Crippen molar-refractivity contribution in [3.8, 4) is 29.6 Å². The number of carbonyl (C=O) groups excluding carboxylic acids is 3. The van der Waals surface area contributed by atoms with E-state index in [0.29, 0.717) is 66.2 Å². The molecule has 3 amide bonds. The molecule has 2 N–H and O–H groups in total. The van der Waals surface area contributed by atoms with E-state index < -0.39 is 17.2 Å². The van der Waals surface area contributed by atoms with Crippen LogP contribution in [0.25, 0.3) is 44.0 Å². The van der Waals surface area contributed by atoms with Crippen LogP contribution in [0.2, 0.25) is 0 Å². The van der Waals surface area contributed by atoms with Gasteiger partial charge in [-0.25, -0.2) is 23.2 Å². The first kappa shape index (κ1) is 57.0. The maximum atomic E-state index is 17.5. The molecule has 0 aliphatic carbocycles. The number of amides is 3. The number of benzene rings is 3. The fourth-order valence-electron chi connectivity index (χ4n) is 14.5. The van der Waals surface area contributed by atoms with Crippen molar-refractivity contribution in [3.05, 3.63) is 88.0 Å². The number of piperazine rings is 2. The molecule has 6 aliphatic heterocycles. The standard InChI is InChI=1S/C63H76F2N12O7/c1-7-46-49(64)17-14-41-10-8-11-47(53(41)46)55-54(65)56-48(33-67-55)57(74-35-43-15-16-44(36-74)77(43)61(81)84-62(3,4)5)69-58(68-56)83-38-63-23-9-25-75(63)45(20-24-63)37-82-60(80)73-30-28-72(29-31-73)42-21-26-71(27-22-42)34-40-13-18-50-51(32-40)70(6)59(79)76(50)39(2)12-19-52(66)78/h1,8,10-11,13-14,17-18,32-33,39,42-45H,9,12,15-16,19-31,34-38H2,2-6H3,(H2,66,78)/t39?,43?,44?,45-,63-/m0/s1. The molecular weight excluding hydrogens is 1070 g/mol. The highest BCUT2D eigenvalue weighted by molar-refractivity contribution is 6.02. The predicted octanol–water partition coefficient (Wildman–Crippen LogP) is 7.97. The van der Waals surface area contributed by atoms with E-state index in [1.165, 1.54) is 6.07 Å². The second kappa shape index (κ2) is 22.9. The van der Waals surface area contributed by atoms with Gasteiger partial charge >= 0.3 is 23.9 Å². The lowest BCUT2D eigenvalue weighted by molar-refractivity contribution is -0.118. The molecule has 3 unspecified atom stereocenters. The molecule has 6 aromatic rings. The molecule has 21 heteroatoms. The number of rotatable bonds is 14. The summed E-state index contributed by atoms with van der Waals surface area (Å²) in [5, 5.41) is 1.39. The molecule has 3 aromatic carbocycles. The Morgan fingerprint density at radius 1 is 0.893 bits per heavy atom. The van der Waals surface area contributed by atoms with Crippen LogP contribution in [0.3, 0.4) is 0 Å². The lowest BCUT2D eigenvalue weighted by atomic mass is 9.95. The molecule has 12 rings (SSSR count). The highest BCUT2D eigenvalue weighted by Gasteiger charge is 2.51. The third-order valence-electron chi connectivity index (χ3n) is 18.8. The van der Waals surface area contributed by atoms with Crippen LogP contribution in [0.15, 0.2) is 59.5 Å². The van der Waals surface area contributed by atoms with Crippen molar-refractivity contribution in [3.63, 3.8) is 0 Å². The van der Waals surface area contributed by atoms with Gasteiger partial charge in [-0.05, 0) is 134 Å². The molecule has 9 heterocycles. The number of hydrogen-bond acceptors (Lipinski definition) is 14. The number of imidazole rings is 1. The molecule has 2 bridgehead atoms. The van der Waals surface area contributed by atoms with Gasteiger partial charge in [0.2, 0.25) is 5.91 Å². The van der Waals surface area contributed by atoms with Crippen LogP contribution in [0.1, 0.15) is 109 Å². The second-order valence-corrected chi connectivity index (χ2v) is 25.2. The highest BCUT2D eigenvalue weighted by Crippen LogP contribution is 2.44. The Kier molecular flexibility index (Phi) is 15.5. The number of pyridine rings is 1. The quantitative estimate of drug-likeness (QED) is 0.103. The van der Waals surface area contributed by atoms with Gasteiger partial charge in [-0.3, -0.25) is 38.5 Å². The zero-order chi connectivity index (χ0) is 58.8. The molecule has 6 fully saturated rings. The van der Waals surface area contributed by atoms with E-state index in [4.69, 9.17) is 36.3 Å². The number of carbonyl (C=O) groups is 3. The maximum absolute atomic E-state index is 17.5. The molecule has 444 valence electrons. The van der Waals surface area contributed by atoms with Crippen molar-refractivity contribution >= 4 is 56.6 Å². The summed E-state index contributed by atoms with van der Waals surface area (Å²) in [5.41, 5.74) is 7.46. The lowest BCUT2D eigenvalue weighted by Crippen LogP contribution is -2.57. The molecule has 19 nitrogen and oxygen atoms in total. The number of hydrogen-bond donors (Lipinski definition) is 1. The monoisotopic (exact) mass is 1150 g/mol. The fraction of sp³-hybridized carbons (Fsp3) is 0.540. The topological polar surface area (TPSA) is 190 Å². The molecular formula is C63H76F2N12O7. The predicted molar refractivity (Wildman–Crippen MR) is 316 cm³/mol. The zero-order valence-corrected chi connectivity index (χ0v) is 48.8. The van der Waals surface area contributed by atoms with Crippen molar-refractivity contribution in [1.82, 2.24) is 48.6 Å². The number of ether oxygens (including phenoxy) is 3. The maximum Gasteiger partial charge on any atom is 0.410 e. The third-order valence-corrected chi connectivity index (χ3v) is 18.8. The molecule has 0 radical (unpaired) electrons. The number of primary amides is 1. The second-order valence-electron chi connectivity index (χ2n) is 25.2. The first-order valence-electron chi connectivity index (χ1n) is 29.9. The van der Waals surface area contributed by atoms with Gasteiger partial charge in [0.1, 0.15) is 41.7 Å². The summed E-state index contributed by atoms with van der Waals surface area (Å²) >= 11 is 0. The molecule has 3 aromatic heterocycles. The van der Waals surface area contributed by atoms with Crippen molar-refractivity contribution in [2.75, 3.05) is 77.0 Å². The van der Waals surface area contributed by atoms with E-state index in [2.05, 4.69) is 42.6 Å². The van der Waals surface area contributed by atoms with Crippen molar-refractivity contribution in [2.24, 2.45) is 12.8 Å². The number of nitrogens with zero attached hydrogens (tertiary/aromatic N) is 11. The summed E-state index contributed by atoms with van der Waals surface area (Å²) in [6, 6.07) is 14.4. The normalized spacial score (nSPS) is 22.9. The van der Waals surface area contributed by atoms with E-state index in [9.17, 15) is 19.2 Å². The molecule has 6 aliphatic rings. The first-order chi connectivity index (χ1) is 40.4. The van der Waals surface area contributed by atoms with Gasteiger partial charge < -0.3 is 29.7 Å². The van der Waals surface area contributed by atoms with Gasteiger partial charge in [0, 0.05) is 94.6 Å². The van der Waals surface area contributed by atoms with Crippen LogP contribution in [0.4, 0.5) is 24.2 Å². The summed E-state index contributed by atoms with van der Waals surface area (Å²) < 4.78 is 54.7. The average molecular weight is 1150 g/mol. The molecule has 0 spiro atoms. The molecule has 6 saturated heterocycles. The zero-order valence-electron chi connectivity index (χ0n) is 48.8.